The average Bonchev–Trinajstić information content (AvgIpc) is 2.53. The second-order valence-electron chi connectivity index (χ2n) is 6.69. The van der Waals surface area contributed by atoms with E-state index in [0.29, 0.717) is 25.9 Å². The molecule has 0 saturated carbocycles. The van der Waals surface area contributed by atoms with Gasteiger partial charge in [0.05, 0.1) is 17.1 Å². The quantitative estimate of drug-likeness (QED) is 0.866. The van der Waals surface area contributed by atoms with E-state index in [-0.39, 0.29) is 24.6 Å². The molecule has 2 aliphatic heterocycles. The van der Waals surface area contributed by atoms with Crippen LogP contribution >= 0.6 is 0 Å². The van der Waals surface area contributed by atoms with Crippen molar-refractivity contribution in [2.45, 2.75) is 38.1 Å². The highest BCUT2D eigenvalue weighted by molar-refractivity contribution is 5.84. The number of carbonyl (C=O) groups excluding carboxylic acids is 1. The summed E-state index contributed by atoms with van der Waals surface area (Å²) in [6.07, 6.45) is -3.41. The number of nitrogens with one attached hydrogen (secondary N) is 1. The van der Waals surface area contributed by atoms with Crippen LogP contribution in [0.15, 0.2) is 24.3 Å². The van der Waals surface area contributed by atoms with E-state index in [0.717, 1.165) is 12.5 Å². The lowest BCUT2D eigenvalue weighted by atomic mass is 9.71. The van der Waals surface area contributed by atoms with Crippen molar-refractivity contribution in [1.29, 1.82) is 0 Å². The number of benzene rings is 1. The van der Waals surface area contributed by atoms with Gasteiger partial charge in [0.2, 0.25) is 5.91 Å². The first kappa shape index (κ1) is 17.2. The summed E-state index contributed by atoms with van der Waals surface area (Å²) in [7, 11) is 0. The lowest BCUT2D eigenvalue weighted by molar-refractivity contribution is -0.150. The Kier molecular flexibility index (Phi) is 4.57. The summed E-state index contributed by atoms with van der Waals surface area (Å²) in [6.45, 7) is 1.47. The van der Waals surface area contributed by atoms with Crippen LogP contribution < -0.4 is 5.32 Å². The van der Waals surface area contributed by atoms with Gasteiger partial charge in [0.1, 0.15) is 0 Å². The number of aliphatic hydroxyl groups excluding tert-OH is 1. The number of hydrogen-bond donors (Lipinski definition) is 2. The zero-order chi connectivity index (χ0) is 17.4. The van der Waals surface area contributed by atoms with Crippen molar-refractivity contribution in [2.24, 2.45) is 5.41 Å². The molecule has 1 amide bonds. The number of carbonyl (C=O) groups is 1. The fourth-order valence-electron chi connectivity index (χ4n) is 3.84. The van der Waals surface area contributed by atoms with Crippen molar-refractivity contribution in [1.82, 2.24) is 10.2 Å². The van der Waals surface area contributed by atoms with E-state index >= 15 is 0 Å². The number of aliphatic hydroxyl groups is 1. The molecule has 1 aromatic rings. The van der Waals surface area contributed by atoms with Gasteiger partial charge in [-0.05, 0) is 30.9 Å². The van der Waals surface area contributed by atoms with Gasteiger partial charge in [-0.25, -0.2) is 0 Å². The molecule has 2 N–H and O–H groups in total. The van der Waals surface area contributed by atoms with Crippen LogP contribution in [0.5, 0.6) is 0 Å². The van der Waals surface area contributed by atoms with Gasteiger partial charge in [0.25, 0.3) is 0 Å². The molecule has 7 heteroatoms. The molecular formula is C17H21F3N2O2. The third kappa shape index (κ3) is 3.15. The Bertz CT molecular complexity index is 620. The van der Waals surface area contributed by atoms with Gasteiger partial charge in [-0.2, -0.15) is 13.2 Å². The lowest BCUT2D eigenvalue weighted by Gasteiger charge is -2.47. The molecule has 4 nitrogen and oxygen atoms in total. The number of alkyl halides is 3. The van der Waals surface area contributed by atoms with E-state index in [1.807, 2.05) is 4.90 Å². The molecular weight excluding hydrogens is 321 g/mol. The van der Waals surface area contributed by atoms with Gasteiger partial charge >= 0.3 is 6.18 Å². The third-order valence-corrected chi connectivity index (χ3v) is 5.12. The zero-order valence-corrected chi connectivity index (χ0v) is 13.3. The largest absolute Gasteiger partial charge is 0.416 e. The SMILES string of the molecule is O=C1NCCC[C@]12CN(Cc1ccccc1C(F)(F)F)CC[C@H]2O. The molecule has 24 heavy (non-hydrogen) atoms. The van der Waals surface area contributed by atoms with Crippen LogP contribution in [-0.4, -0.2) is 41.7 Å². The summed E-state index contributed by atoms with van der Waals surface area (Å²) in [5.74, 6) is -0.185. The molecule has 1 aromatic carbocycles. The first-order valence-electron chi connectivity index (χ1n) is 8.17. The first-order chi connectivity index (χ1) is 11.3. The Morgan fingerprint density at radius 3 is 2.79 bits per heavy atom. The lowest BCUT2D eigenvalue weighted by Crippen LogP contribution is -2.61. The summed E-state index contributed by atoms with van der Waals surface area (Å²) in [5, 5.41) is 13.1. The predicted octanol–water partition coefficient (Wildman–Crippen LogP) is 2.17. The van der Waals surface area contributed by atoms with E-state index in [4.69, 9.17) is 0 Å². The highest BCUT2D eigenvalue weighted by Crippen LogP contribution is 2.39. The number of hydrogen-bond acceptors (Lipinski definition) is 3. The summed E-state index contributed by atoms with van der Waals surface area (Å²) < 4.78 is 39.5. The van der Waals surface area contributed by atoms with Gasteiger partial charge in [-0.15, -0.1) is 0 Å². The van der Waals surface area contributed by atoms with Gasteiger partial charge in [0.15, 0.2) is 0 Å². The molecule has 0 aromatic heterocycles. The molecule has 0 bridgehead atoms. The highest BCUT2D eigenvalue weighted by atomic mass is 19.4. The van der Waals surface area contributed by atoms with Crippen LogP contribution in [0.1, 0.15) is 30.4 Å². The molecule has 2 heterocycles. The van der Waals surface area contributed by atoms with E-state index in [2.05, 4.69) is 5.32 Å². The monoisotopic (exact) mass is 342 g/mol. The van der Waals surface area contributed by atoms with Crippen molar-refractivity contribution in [3.05, 3.63) is 35.4 Å². The van der Waals surface area contributed by atoms with Crippen molar-refractivity contribution in [2.75, 3.05) is 19.6 Å². The Balaban J connectivity index is 1.81. The predicted molar refractivity (Wildman–Crippen MR) is 82.0 cm³/mol. The Labute approximate surface area is 138 Å². The number of piperidine rings is 2. The minimum atomic E-state index is -4.40. The maximum absolute atomic E-state index is 13.2. The van der Waals surface area contributed by atoms with Gasteiger partial charge in [0, 0.05) is 26.2 Å². The van der Waals surface area contributed by atoms with Crippen molar-refractivity contribution in [3.8, 4) is 0 Å². The Morgan fingerprint density at radius 2 is 2.08 bits per heavy atom. The standard InChI is InChI=1S/C17H21F3N2O2/c18-17(19,20)13-5-2-1-4-12(13)10-22-9-6-14(23)16(11-22)7-3-8-21-15(16)24/h1-2,4-5,14,23H,3,6-11H2,(H,21,24)/t14-,16-/m1/s1. The van der Waals surface area contributed by atoms with Crippen LogP contribution in [0.25, 0.3) is 0 Å². The molecule has 132 valence electrons. The van der Waals surface area contributed by atoms with E-state index in [9.17, 15) is 23.1 Å². The first-order valence-corrected chi connectivity index (χ1v) is 8.17. The van der Waals surface area contributed by atoms with Crippen LogP contribution in [0, 0.1) is 5.41 Å². The van der Waals surface area contributed by atoms with Crippen LogP contribution in [-0.2, 0) is 17.5 Å². The Hall–Kier alpha value is -1.60. The summed E-state index contributed by atoms with van der Waals surface area (Å²) in [5.41, 5.74) is -1.34. The minimum Gasteiger partial charge on any atom is -0.392 e. The number of amides is 1. The second-order valence-corrected chi connectivity index (χ2v) is 6.69. The second kappa shape index (κ2) is 6.37. The Morgan fingerprint density at radius 1 is 1.33 bits per heavy atom. The van der Waals surface area contributed by atoms with Gasteiger partial charge in [-0.1, -0.05) is 18.2 Å². The molecule has 2 fully saturated rings. The van der Waals surface area contributed by atoms with Crippen LogP contribution in [0.3, 0.4) is 0 Å². The summed E-state index contributed by atoms with van der Waals surface area (Å²) >= 11 is 0. The fourth-order valence-corrected chi connectivity index (χ4v) is 3.84. The van der Waals surface area contributed by atoms with Crippen molar-refractivity contribution < 1.29 is 23.1 Å². The summed E-state index contributed by atoms with van der Waals surface area (Å²) in [6, 6.07) is 5.52. The third-order valence-electron chi connectivity index (χ3n) is 5.12. The molecule has 2 aliphatic rings. The fraction of sp³-hybridized carbons (Fsp3) is 0.588. The average molecular weight is 342 g/mol. The van der Waals surface area contributed by atoms with E-state index in [1.54, 1.807) is 6.07 Å². The zero-order valence-electron chi connectivity index (χ0n) is 13.3. The highest BCUT2D eigenvalue weighted by Gasteiger charge is 2.49. The number of rotatable bonds is 2. The van der Waals surface area contributed by atoms with Crippen molar-refractivity contribution >= 4 is 5.91 Å². The topological polar surface area (TPSA) is 52.6 Å². The van der Waals surface area contributed by atoms with Gasteiger partial charge in [-0.3, -0.25) is 9.69 Å². The maximum Gasteiger partial charge on any atom is 0.416 e. The molecule has 2 saturated heterocycles. The smallest absolute Gasteiger partial charge is 0.392 e. The van der Waals surface area contributed by atoms with E-state index in [1.165, 1.54) is 12.1 Å². The van der Waals surface area contributed by atoms with Crippen LogP contribution in [0.2, 0.25) is 0 Å². The maximum atomic E-state index is 13.2. The molecule has 2 atom stereocenters. The minimum absolute atomic E-state index is 0.122. The van der Waals surface area contributed by atoms with E-state index < -0.39 is 23.3 Å². The van der Waals surface area contributed by atoms with Crippen molar-refractivity contribution in [3.63, 3.8) is 0 Å². The molecule has 0 radical (unpaired) electrons. The normalized spacial score (nSPS) is 28.8. The molecule has 0 aliphatic carbocycles. The van der Waals surface area contributed by atoms with Crippen LogP contribution in [0.4, 0.5) is 13.2 Å². The molecule has 0 unspecified atom stereocenters. The molecule has 3 rings (SSSR count). The number of nitrogens with zero attached hydrogens (tertiary/aromatic N) is 1. The number of likely N-dealkylation sites (tertiary alicyclic amines) is 1. The molecule has 1 spiro atoms. The van der Waals surface area contributed by atoms with Gasteiger partial charge < -0.3 is 10.4 Å². The summed E-state index contributed by atoms with van der Waals surface area (Å²) in [4.78, 5) is 14.2. The number of halogens is 3.